The molecule has 3 rings (SSSR count). The van der Waals surface area contributed by atoms with Crippen molar-refractivity contribution >= 4 is 18.4 Å². The first-order valence-corrected chi connectivity index (χ1v) is 9.47. The highest BCUT2D eigenvalue weighted by Gasteiger charge is 2.54. The van der Waals surface area contributed by atoms with Gasteiger partial charge in [0.25, 0.3) is 0 Å². The Balaban J connectivity index is 2.12. The van der Waals surface area contributed by atoms with Gasteiger partial charge in [-0.15, -0.1) is 0 Å². The number of nitro groups is 1. The quantitative estimate of drug-likeness (QED) is 0.527. The van der Waals surface area contributed by atoms with Crippen molar-refractivity contribution in [1.29, 1.82) is 0 Å². The maximum Gasteiger partial charge on any atom is 0.236 e. The van der Waals surface area contributed by atoms with Gasteiger partial charge < -0.3 is 5.11 Å². The molecule has 108 valence electrons. The van der Waals surface area contributed by atoms with E-state index in [1.165, 1.54) is 10.4 Å². The van der Waals surface area contributed by atoms with Crippen molar-refractivity contribution in [2.45, 2.75) is 24.2 Å². The lowest BCUT2D eigenvalue weighted by Crippen LogP contribution is -2.56. The third kappa shape index (κ3) is 2.39. The molecule has 2 atom stereocenters. The molecule has 1 N–H and O–H groups in total. The largest absolute Gasteiger partial charge is 0.386 e. The van der Waals surface area contributed by atoms with E-state index in [0.29, 0.717) is 12.1 Å². The van der Waals surface area contributed by atoms with Crippen LogP contribution in [0.5, 0.6) is 0 Å². The van der Waals surface area contributed by atoms with Gasteiger partial charge in [-0.05, 0) is 6.04 Å². The molecule has 5 heteroatoms. The highest BCUT2D eigenvalue weighted by atomic mass is 28.3. The predicted molar refractivity (Wildman–Crippen MR) is 84.3 cm³/mol. The zero-order valence-corrected chi connectivity index (χ0v) is 12.6. The third-order valence-corrected chi connectivity index (χ3v) is 9.59. The lowest BCUT2D eigenvalue weighted by atomic mass is 10.2. The Bertz CT molecular complexity index is 593. The zero-order chi connectivity index (χ0) is 14.9. The fourth-order valence-electron chi connectivity index (χ4n) is 3.44. The first-order valence-electron chi connectivity index (χ1n) is 7.06. The monoisotopic (exact) mass is 299 g/mol. The fraction of sp³-hybridized carbons (Fsp3) is 0.250. The second kappa shape index (κ2) is 5.42. The van der Waals surface area contributed by atoms with Crippen LogP contribution in [0.3, 0.4) is 0 Å². The molecule has 0 amide bonds. The lowest BCUT2D eigenvalue weighted by molar-refractivity contribution is -0.526. The van der Waals surface area contributed by atoms with Gasteiger partial charge in [0.2, 0.25) is 6.04 Å². The summed E-state index contributed by atoms with van der Waals surface area (Å²) in [4.78, 5) is 10.9. The number of nitrogens with zero attached hydrogens (tertiary/aromatic N) is 1. The molecule has 1 fully saturated rings. The molecule has 2 aromatic carbocycles. The molecule has 0 spiro atoms. The standard InChI is InChI=1S/C16H17NO3Si/c18-16-12-21(11-15(16)17(19)20,13-7-3-1-4-8-13)14-9-5-2-6-10-14/h1-10,15-16,18H,11-12H2/t15-,16+/m0/s1. The minimum atomic E-state index is -2.27. The Morgan fingerprint density at radius 2 is 1.43 bits per heavy atom. The van der Waals surface area contributed by atoms with Gasteiger partial charge >= 0.3 is 0 Å². The number of rotatable bonds is 3. The second-order valence-corrected chi connectivity index (χ2v) is 9.78. The van der Waals surface area contributed by atoms with Crippen molar-refractivity contribution in [3.05, 3.63) is 70.8 Å². The molecule has 21 heavy (non-hydrogen) atoms. The fourth-order valence-corrected chi connectivity index (χ4v) is 8.66. The minimum absolute atomic E-state index is 0.314. The van der Waals surface area contributed by atoms with Crippen molar-refractivity contribution in [2.24, 2.45) is 0 Å². The van der Waals surface area contributed by atoms with E-state index in [2.05, 4.69) is 0 Å². The molecular weight excluding hydrogens is 282 g/mol. The lowest BCUT2D eigenvalue weighted by Gasteiger charge is -2.27. The van der Waals surface area contributed by atoms with Gasteiger partial charge in [-0.25, -0.2) is 0 Å². The van der Waals surface area contributed by atoms with Crippen LogP contribution < -0.4 is 10.4 Å². The first kappa shape index (κ1) is 14.0. The SMILES string of the molecule is O=[N+]([O-])[C@H]1C[Si](c2ccccc2)(c2ccccc2)C[C@H]1O. The van der Waals surface area contributed by atoms with Crippen molar-refractivity contribution in [3.63, 3.8) is 0 Å². The summed E-state index contributed by atoms with van der Waals surface area (Å²) >= 11 is 0. The smallest absolute Gasteiger partial charge is 0.236 e. The van der Waals surface area contributed by atoms with Gasteiger partial charge in [0, 0.05) is 11.0 Å². The second-order valence-electron chi connectivity index (χ2n) is 5.64. The van der Waals surface area contributed by atoms with Crippen molar-refractivity contribution in [2.75, 3.05) is 0 Å². The summed E-state index contributed by atoms with van der Waals surface area (Å²) < 4.78 is 0. The minimum Gasteiger partial charge on any atom is -0.386 e. The molecule has 1 saturated heterocycles. The summed E-state index contributed by atoms with van der Waals surface area (Å²) in [6.45, 7) is 0. The molecule has 2 aromatic rings. The van der Waals surface area contributed by atoms with E-state index in [0.717, 1.165) is 0 Å². The van der Waals surface area contributed by atoms with Gasteiger partial charge in [0.1, 0.15) is 14.2 Å². The van der Waals surface area contributed by atoms with Gasteiger partial charge in [-0.3, -0.25) is 10.1 Å². The predicted octanol–water partition coefficient (Wildman–Crippen LogP) is 1.27. The molecule has 0 radical (unpaired) electrons. The highest BCUT2D eigenvalue weighted by molar-refractivity contribution is 7.03. The topological polar surface area (TPSA) is 63.4 Å². The van der Waals surface area contributed by atoms with E-state index in [1.54, 1.807) is 0 Å². The number of benzene rings is 2. The number of hydrogen-bond acceptors (Lipinski definition) is 3. The van der Waals surface area contributed by atoms with Crippen LogP contribution in [0.1, 0.15) is 0 Å². The van der Waals surface area contributed by atoms with E-state index in [9.17, 15) is 15.2 Å². The summed E-state index contributed by atoms with van der Waals surface area (Å²) in [5.74, 6) is 0. The Labute approximate surface area is 124 Å². The van der Waals surface area contributed by atoms with E-state index in [1.807, 2.05) is 60.7 Å². The molecule has 1 aliphatic rings. The molecule has 0 aromatic heterocycles. The van der Waals surface area contributed by atoms with Crippen LogP contribution in [0, 0.1) is 10.1 Å². The summed E-state index contributed by atoms with van der Waals surface area (Å²) in [5.41, 5.74) is 0. The summed E-state index contributed by atoms with van der Waals surface area (Å²) in [6.07, 6.45) is -0.855. The van der Waals surface area contributed by atoms with Crippen LogP contribution in [0.4, 0.5) is 0 Å². The molecule has 0 aliphatic carbocycles. The molecule has 0 bridgehead atoms. The van der Waals surface area contributed by atoms with Crippen molar-refractivity contribution < 1.29 is 10.0 Å². The summed E-state index contributed by atoms with van der Waals surface area (Å²) in [6, 6.07) is 20.1. The molecule has 0 saturated carbocycles. The average Bonchev–Trinajstić information content (AvgIpc) is 2.88. The Hall–Kier alpha value is -1.98. The summed E-state index contributed by atoms with van der Waals surface area (Å²) in [5, 5.41) is 23.8. The maximum absolute atomic E-state index is 11.2. The molecule has 0 unspecified atom stereocenters. The number of hydrogen-bond donors (Lipinski definition) is 1. The van der Waals surface area contributed by atoms with Crippen molar-refractivity contribution in [1.82, 2.24) is 0 Å². The molecule has 1 heterocycles. The van der Waals surface area contributed by atoms with Gasteiger partial charge in [0.05, 0.1) is 0 Å². The Kier molecular flexibility index (Phi) is 3.61. The van der Waals surface area contributed by atoms with Crippen LogP contribution in [0.2, 0.25) is 12.1 Å². The summed E-state index contributed by atoms with van der Waals surface area (Å²) in [7, 11) is -2.27. The maximum atomic E-state index is 11.2. The first-order chi connectivity index (χ1) is 10.1. The van der Waals surface area contributed by atoms with Crippen LogP contribution in [0.25, 0.3) is 0 Å². The average molecular weight is 299 g/mol. The van der Waals surface area contributed by atoms with Gasteiger partial charge in [-0.2, -0.15) is 0 Å². The Morgan fingerprint density at radius 3 is 1.81 bits per heavy atom. The van der Waals surface area contributed by atoms with Gasteiger partial charge in [0.15, 0.2) is 0 Å². The Morgan fingerprint density at radius 1 is 0.952 bits per heavy atom. The molecule has 4 nitrogen and oxygen atoms in total. The number of aliphatic hydroxyl groups is 1. The number of aliphatic hydroxyl groups excluding tert-OH is 1. The normalized spacial score (nSPS) is 23.9. The van der Waals surface area contributed by atoms with E-state index in [-0.39, 0.29) is 4.92 Å². The zero-order valence-electron chi connectivity index (χ0n) is 11.6. The van der Waals surface area contributed by atoms with E-state index >= 15 is 0 Å². The van der Waals surface area contributed by atoms with Crippen LogP contribution in [-0.4, -0.2) is 30.2 Å². The van der Waals surface area contributed by atoms with E-state index < -0.39 is 20.2 Å². The van der Waals surface area contributed by atoms with Crippen molar-refractivity contribution in [3.8, 4) is 0 Å². The van der Waals surface area contributed by atoms with E-state index in [4.69, 9.17) is 0 Å². The van der Waals surface area contributed by atoms with Crippen LogP contribution in [0.15, 0.2) is 60.7 Å². The molecule has 1 aliphatic heterocycles. The molecular formula is C16H17NO3Si. The highest BCUT2D eigenvalue weighted by Crippen LogP contribution is 2.32. The van der Waals surface area contributed by atoms with Gasteiger partial charge in [-0.1, -0.05) is 71.0 Å². The van der Waals surface area contributed by atoms with Crippen LogP contribution >= 0.6 is 0 Å². The third-order valence-electron chi connectivity index (χ3n) is 4.48. The van der Waals surface area contributed by atoms with Crippen LogP contribution in [-0.2, 0) is 0 Å².